The zero-order valence-electron chi connectivity index (χ0n) is 18.2. The largest absolute Gasteiger partial charge is 0.497 e. The molecule has 0 aromatic heterocycles. The fourth-order valence-corrected chi connectivity index (χ4v) is 4.42. The van der Waals surface area contributed by atoms with Crippen LogP contribution < -0.4 is 14.8 Å². The number of hydrogen-bond acceptors (Lipinski definition) is 5. The quantitative estimate of drug-likeness (QED) is 0.766. The summed E-state index contributed by atoms with van der Waals surface area (Å²) in [5, 5.41) is 3.00. The second-order valence-corrected chi connectivity index (χ2v) is 8.31. The van der Waals surface area contributed by atoms with E-state index in [4.69, 9.17) is 9.47 Å². The first-order valence-corrected chi connectivity index (χ1v) is 11.1. The Balaban J connectivity index is 1.58. The number of carbonyl (C=O) groups is 2. The summed E-state index contributed by atoms with van der Waals surface area (Å²) >= 11 is 0. The zero-order valence-corrected chi connectivity index (χ0v) is 18.2. The van der Waals surface area contributed by atoms with Crippen LogP contribution in [0.25, 0.3) is 0 Å². The van der Waals surface area contributed by atoms with Crippen molar-refractivity contribution in [3.05, 3.63) is 59.2 Å². The number of likely N-dealkylation sites (tertiary alicyclic amines) is 1. The number of piperidine rings is 1. The number of amides is 1. The minimum absolute atomic E-state index is 0.0450. The van der Waals surface area contributed by atoms with Crippen LogP contribution in [0.15, 0.2) is 42.5 Å². The molecule has 1 N–H and O–H groups in total. The Kier molecular flexibility index (Phi) is 6.56. The van der Waals surface area contributed by atoms with Crippen LogP contribution in [0.2, 0.25) is 0 Å². The second kappa shape index (κ2) is 9.52. The fourth-order valence-electron chi connectivity index (χ4n) is 4.42. The number of benzene rings is 2. The number of ether oxygens (including phenoxy) is 2. The van der Waals surface area contributed by atoms with Crippen molar-refractivity contribution in [1.29, 1.82) is 0 Å². The molecule has 2 aromatic rings. The number of methoxy groups -OCH3 is 1. The number of nitrogens with one attached hydrogen (secondary N) is 1. The molecule has 2 aromatic carbocycles. The summed E-state index contributed by atoms with van der Waals surface area (Å²) in [4.78, 5) is 28.6. The van der Waals surface area contributed by atoms with Crippen LogP contribution in [-0.4, -0.2) is 49.9 Å². The van der Waals surface area contributed by atoms with Gasteiger partial charge in [0, 0.05) is 13.1 Å². The third-order valence-electron chi connectivity index (χ3n) is 6.21. The number of hydrogen-bond donors (Lipinski definition) is 1. The van der Waals surface area contributed by atoms with Crippen LogP contribution >= 0.6 is 0 Å². The molecule has 31 heavy (non-hydrogen) atoms. The van der Waals surface area contributed by atoms with Gasteiger partial charge in [0.25, 0.3) is 5.91 Å². The van der Waals surface area contributed by atoms with E-state index < -0.39 is 6.10 Å². The van der Waals surface area contributed by atoms with Crippen molar-refractivity contribution in [3.63, 3.8) is 0 Å². The summed E-state index contributed by atoms with van der Waals surface area (Å²) in [5.41, 5.74) is 1.66. The van der Waals surface area contributed by atoms with Gasteiger partial charge < -0.3 is 19.7 Å². The Labute approximate surface area is 183 Å². The molecule has 0 unspecified atom stereocenters. The molecule has 6 heteroatoms. The van der Waals surface area contributed by atoms with Gasteiger partial charge in [-0.25, -0.2) is 0 Å². The molecule has 4 rings (SSSR count). The molecule has 0 radical (unpaired) electrons. The lowest BCUT2D eigenvalue weighted by Gasteiger charge is -2.32. The van der Waals surface area contributed by atoms with Gasteiger partial charge in [-0.15, -0.1) is 0 Å². The van der Waals surface area contributed by atoms with Crippen molar-refractivity contribution in [2.75, 3.05) is 33.3 Å². The van der Waals surface area contributed by atoms with E-state index in [2.05, 4.69) is 10.2 Å². The first kappa shape index (κ1) is 21.4. The Morgan fingerprint density at radius 3 is 2.61 bits per heavy atom. The summed E-state index contributed by atoms with van der Waals surface area (Å²) in [6.07, 6.45) is 3.28. The van der Waals surface area contributed by atoms with E-state index >= 15 is 0 Å². The maximum absolute atomic E-state index is 13.2. The number of ketones is 1. The second-order valence-electron chi connectivity index (χ2n) is 8.31. The highest BCUT2D eigenvalue weighted by Gasteiger charge is 2.37. The molecule has 164 valence electrons. The summed E-state index contributed by atoms with van der Waals surface area (Å²) in [6.45, 7) is 5.40. The molecule has 0 aliphatic carbocycles. The number of fused-ring (bicyclic) bond motifs is 1. The van der Waals surface area contributed by atoms with Gasteiger partial charge in [0.05, 0.1) is 24.2 Å². The van der Waals surface area contributed by atoms with E-state index in [1.54, 1.807) is 12.1 Å². The normalized spacial score (nSPS) is 21.2. The summed E-state index contributed by atoms with van der Waals surface area (Å²) in [6, 6.07) is 13.0. The minimum Gasteiger partial charge on any atom is -0.497 e. The average Bonchev–Trinajstić information content (AvgIpc) is 2.82. The molecule has 1 amide bonds. The highest BCUT2D eigenvalue weighted by Crippen LogP contribution is 2.42. The number of nitrogens with zero attached hydrogens (tertiary/aromatic N) is 1. The molecular formula is C25H30N2O4. The Morgan fingerprint density at radius 1 is 1.16 bits per heavy atom. The van der Waals surface area contributed by atoms with E-state index in [1.165, 1.54) is 26.4 Å². The fraction of sp³-hybridized carbons (Fsp3) is 0.440. The molecule has 0 saturated carbocycles. The van der Waals surface area contributed by atoms with Crippen LogP contribution in [0, 0.1) is 5.92 Å². The lowest BCUT2D eigenvalue weighted by Crippen LogP contribution is -2.38. The Hall–Kier alpha value is -2.86. The van der Waals surface area contributed by atoms with Gasteiger partial charge >= 0.3 is 0 Å². The van der Waals surface area contributed by atoms with Crippen molar-refractivity contribution in [2.45, 2.75) is 32.3 Å². The summed E-state index contributed by atoms with van der Waals surface area (Å²) in [7, 11) is 1.53. The van der Waals surface area contributed by atoms with Gasteiger partial charge in [-0.2, -0.15) is 0 Å². The highest BCUT2D eigenvalue weighted by molar-refractivity contribution is 6.07. The highest BCUT2D eigenvalue weighted by atomic mass is 16.5. The van der Waals surface area contributed by atoms with Crippen molar-refractivity contribution in [1.82, 2.24) is 10.2 Å². The predicted molar refractivity (Wildman–Crippen MR) is 119 cm³/mol. The molecule has 2 heterocycles. The molecule has 2 aliphatic heterocycles. The smallest absolute Gasteiger partial charge is 0.255 e. The maximum atomic E-state index is 13.2. The predicted octanol–water partition coefficient (Wildman–Crippen LogP) is 3.86. The summed E-state index contributed by atoms with van der Waals surface area (Å²) < 4.78 is 11.7. The van der Waals surface area contributed by atoms with Gasteiger partial charge in [0.15, 0.2) is 5.78 Å². The van der Waals surface area contributed by atoms with Crippen LogP contribution in [-0.2, 0) is 0 Å². The molecule has 0 bridgehead atoms. The molecule has 2 atom stereocenters. The molecular weight excluding hydrogens is 392 g/mol. The third-order valence-corrected chi connectivity index (χ3v) is 6.21. The monoisotopic (exact) mass is 422 g/mol. The van der Waals surface area contributed by atoms with Gasteiger partial charge in [-0.3, -0.25) is 9.59 Å². The topological polar surface area (TPSA) is 67.9 Å². The van der Waals surface area contributed by atoms with Gasteiger partial charge in [0.1, 0.15) is 17.6 Å². The SMILES string of the molecule is COc1cc(C(=O)NCCN2CCCCC2)c2c(c1)C(=O)[C@@H](C)[C@H](c1ccccc1)O2. The maximum Gasteiger partial charge on any atom is 0.255 e. The number of Topliss-reactive ketones (excluding diaryl/α,β-unsaturated/α-hetero) is 1. The van der Waals surface area contributed by atoms with Crippen LogP contribution in [0.5, 0.6) is 11.5 Å². The minimum atomic E-state index is -0.436. The molecule has 1 saturated heterocycles. The lowest BCUT2D eigenvalue weighted by atomic mass is 9.86. The zero-order chi connectivity index (χ0) is 21.8. The van der Waals surface area contributed by atoms with E-state index in [-0.39, 0.29) is 17.6 Å². The van der Waals surface area contributed by atoms with Gasteiger partial charge in [-0.1, -0.05) is 43.7 Å². The van der Waals surface area contributed by atoms with Crippen molar-refractivity contribution >= 4 is 11.7 Å². The van der Waals surface area contributed by atoms with Crippen molar-refractivity contribution in [2.24, 2.45) is 5.92 Å². The van der Waals surface area contributed by atoms with E-state index in [9.17, 15) is 9.59 Å². The van der Waals surface area contributed by atoms with E-state index in [0.29, 0.717) is 29.2 Å². The Morgan fingerprint density at radius 2 is 1.90 bits per heavy atom. The molecule has 2 aliphatic rings. The molecule has 1 fully saturated rings. The average molecular weight is 423 g/mol. The molecule has 6 nitrogen and oxygen atoms in total. The third kappa shape index (κ3) is 4.59. The van der Waals surface area contributed by atoms with Crippen LogP contribution in [0.4, 0.5) is 0 Å². The number of carbonyl (C=O) groups excluding carboxylic acids is 2. The van der Waals surface area contributed by atoms with Crippen LogP contribution in [0.1, 0.15) is 58.6 Å². The Bertz CT molecular complexity index is 938. The first-order valence-electron chi connectivity index (χ1n) is 11.1. The number of rotatable bonds is 6. The van der Waals surface area contributed by atoms with Gasteiger partial charge in [0.2, 0.25) is 0 Å². The van der Waals surface area contributed by atoms with Crippen molar-refractivity contribution in [3.8, 4) is 11.5 Å². The van der Waals surface area contributed by atoms with Gasteiger partial charge in [-0.05, 0) is 43.6 Å². The van der Waals surface area contributed by atoms with E-state index in [1.807, 2.05) is 37.3 Å². The summed E-state index contributed by atoms with van der Waals surface area (Å²) in [5.74, 6) is 0.158. The van der Waals surface area contributed by atoms with Crippen molar-refractivity contribution < 1.29 is 19.1 Å². The molecule has 0 spiro atoms. The standard InChI is InChI=1S/C25H30N2O4/c1-17-22(28)20-15-19(30-2)16-21(24(20)31-23(17)18-9-5-3-6-10-18)25(29)26-11-14-27-12-7-4-8-13-27/h3,5-6,9-10,15-17,23H,4,7-8,11-14H2,1-2H3,(H,26,29)/t17-,23-/m1/s1. The van der Waals surface area contributed by atoms with Crippen LogP contribution in [0.3, 0.4) is 0 Å². The lowest BCUT2D eigenvalue weighted by molar-refractivity contribution is 0.0682. The van der Waals surface area contributed by atoms with E-state index in [0.717, 1.165) is 25.2 Å². The first-order chi connectivity index (χ1) is 15.1.